The van der Waals surface area contributed by atoms with E-state index in [4.69, 9.17) is 17.0 Å². The lowest BCUT2D eigenvalue weighted by Gasteiger charge is -2.36. The molecule has 0 atom stereocenters. The van der Waals surface area contributed by atoms with Crippen LogP contribution in [0, 0.1) is 0 Å². The van der Waals surface area contributed by atoms with Gasteiger partial charge in [-0.05, 0) is 42.9 Å². The number of amides is 1. The Balaban J connectivity index is 1.20. The molecule has 2 aromatic heterocycles. The average Bonchev–Trinajstić information content (AvgIpc) is 3.00. The summed E-state index contributed by atoms with van der Waals surface area (Å²) in [7, 11) is 0. The summed E-state index contributed by atoms with van der Waals surface area (Å²) in [6.45, 7) is 4.81. The molecule has 2 N–H and O–H groups in total. The van der Waals surface area contributed by atoms with Crippen molar-refractivity contribution in [3.8, 4) is 5.75 Å². The SMILES string of the molecule is CCn1cc(C(=O)O)c(=O)c2cnc(N3CCN(C(=S)NC(=O)c4cccc(OCc5ccccc5)c4)CC3)nc21. The van der Waals surface area contributed by atoms with Gasteiger partial charge >= 0.3 is 5.97 Å². The highest BCUT2D eigenvalue weighted by molar-refractivity contribution is 7.80. The van der Waals surface area contributed by atoms with Gasteiger partial charge in [0.05, 0.1) is 5.39 Å². The third kappa shape index (κ3) is 6.17. The standard InChI is InChI=1S/C29H28N6O5S/c1-2-33-17-23(27(38)39)24(36)22-16-30-28(31-25(22)33)34-11-13-35(14-12-34)29(41)32-26(37)20-9-6-10-21(15-20)40-18-19-7-4-3-5-8-19/h3-10,15-17H,2,11-14,18H2,1H3,(H,38,39)(H,32,37,41). The van der Waals surface area contributed by atoms with Crippen LogP contribution in [0.1, 0.15) is 33.2 Å². The lowest BCUT2D eigenvalue weighted by Crippen LogP contribution is -2.53. The maximum Gasteiger partial charge on any atom is 0.341 e. The van der Waals surface area contributed by atoms with Crippen molar-refractivity contribution in [3.05, 3.63) is 93.9 Å². The molecule has 1 saturated heterocycles. The zero-order valence-electron chi connectivity index (χ0n) is 22.3. The molecule has 3 heterocycles. The summed E-state index contributed by atoms with van der Waals surface area (Å²) in [6, 6.07) is 16.7. The average molecular weight is 573 g/mol. The van der Waals surface area contributed by atoms with E-state index in [-0.39, 0.29) is 16.9 Å². The Bertz CT molecular complexity index is 1670. The van der Waals surface area contributed by atoms with Crippen LogP contribution >= 0.6 is 12.2 Å². The van der Waals surface area contributed by atoms with Gasteiger partial charge in [-0.15, -0.1) is 0 Å². The molecule has 0 unspecified atom stereocenters. The Morgan fingerprint density at radius 2 is 1.83 bits per heavy atom. The second kappa shape index (κ2) is 12.1. The van der Waals surface area contributed by atoms with Gasteiger partial charge < -0.3 is 24.2 Å². The quantitative estimate of drug-likeness (QED) is 0.319. The van der Waals surface area contributed by atoms with Crippen LogP contribution in [0.4, 0.5) is 5.95 Å². The van der Waals surface area contributed by atoms with Gasteiger partial charge in [0.25, 0.3) is 5.91 Å². The maximum absolute atomic E-state index is 12.9. The van der Waals surface area contributed by atoms with E-state index in [0.29, 0.717) is 67.4 Å². The summed E-state index contributed by atoms with van der Waals surface area (Å²) < 4.78 is 7.47. The molecule has 0 saturated carbocycles. The number of rotatable bonds is 7. The lowest BCUT2D eigenvalue weighted by atomic mass is 10.2. The second-order valence-electron chi connectivity index (χ2n) is 9.41. The number of carbonyl (C=O) groups is 2. The molecule has 41 heavy (non-hydrogen) atoms. The summed E-state index contributed by atoms with van der Waals surface area (Å²) in [4.78, 5) is 49.8. The van der Waals surface area contributed by atoms with Crippen LogP contribution in [-0.2, 0) is 13.2 Å². The maximum atomic E-state index is 12.9. The van der Waals surface area contributed by atoms with Gasteiger partial charge in [-0.3, -0.25) is 14.9 Å². The number of aromatic nitrogens is 3. The van der Waals surface area contributed by atoms with E-state index < -0.39 is 11.4 Å². The Kier molecular flexibility index (Phi) is 8.20. The second-order valence-corrected chi connectivity index (χ2v) is 9.79. The molecule has 210 valence electrons. The van der Waals surface area contributed by atoms with Crippen molar-refractivity contribution >= 4 is 46.2 Å². The third-order valence-electron chi connectivity index (χ3n) is 6.79. The van der Waals surface area contributed by atoms with Gasteiger partial charge in [-0.2, -0.15) is 4.98 Å². The number of ether oxygens (including phenoxy) is 1. The lowest BCUT2D eigenvalue weighted by molar-refractivity contribution is 0.0694. The fourth-order valence-corrected chi connectivity index (χ4v) is 4.81. The molecule has 0 bridgehead atoms. The molecule has 11 nitrogen and oxygen atoms in total. The number of carboxylic acids is 1. The normalized spacial score (nSPS) is 13.2. The summed E-state index contributed by atoms with van der Waals surface area (Å²) in [5.41, 5.74) is 0.930. The van der Waals surface area contributed by atoms with E-state index in [1.807, 2.05) is 47.1 Å². The Labute approximate surface area is 241 Å². The number of fused-ring (bicyclic) bond motifs is 1. The topological polar surface area (TPSA) is 130 Å². The van der Waals surface area contributed by atoms with Gasteiger partial charge in [0, 0.05) is 50.7 Å². The van der Waals surface area contributed by atoms with Crippen molar-refractivity contribution < 1.29 is 19.4 Å². The monoisotopic (exact) mass is 572 g/mol. The number of anilines is 1. The van der Waals surface area contributed by atoms with E-state index in [9.17, 15) is 19.5 Å². The largest absolute Gasteiger partial charge is 0.489 e. The molecule has 5 rings (SSSR count). The number of carbonyl (C=O) groups excluding carboxylic acids is 1. The van der Waals surface area contributed by atoms with Crippen LogP contribution in [0.2, 0.25) is 0 Å². The van der Waals surface area contributed by atoms with Crippen LogP contribution in [-0.4, -0.2) is 67.7 Å². The first-order valence-electron chi connectivity index (χ1n) is 13.1. The molecule has 1 aliphatic heterocycles. The van der Waals surface area contributed by atoms with Crippen LogP contribution < -0.4 is 20.4 Å². The molecule has 0 aliphatic carbocycles. The van der Waals surface area contributed by atoms with E-state index >= 15 is 0 Å². The van der Waals surface area contributed by atoms with Crippen molar-refractivity contribution in [2.24, 2.45) is 0 Å². The first-order chi connectivity index (χ1) is 19.8. The number of carboxylic acid groups (broad SMARTS) is 1. The van der Waals surface area contributed by atoms with E-state index in [1.165, 1.54) is 12.4 Å². The van der Waals surface area contributed by atoms with Gasteiger partial charge in [-0.25, -0.2) is 9.78 Å². The first-order valence-corrected chi connectivity index (χ1v) is 13.5. The van der Waals surface area contributed by atoms with Gasteiger partial charge in [0.1, 0.15) is 23.6 Å². The fourth-order valence-electron chi connectivity index (χ4n) is 4.54. The molecule has 12 heteroatoms. The molecule has 1 amide bonds. The molecule has 0 spiro atoms. The zero-order chi connectivity index (χ0) is 28.9. The van der Waals surface area contributed by atoms with Crippen molar-refractivity contribution in [3.63, 3.8) is 0 Å². The minimum Gasteiger partial charge on any atom is -0.489 e. The zero-order valence-corrected chi connectivity index (χ0v) is 23.1. The number of aryl methyl sites for hydroxylation is 1. The molecule has 2 aromatic carbocycles. The van der Waals surface area contributed by atoms with Gasteiger partial charge in [0.2, 0.25) is 11.4 Å². The molecule has 1 fully saturated rings. The number of hydrogen-bond acceptors (Lipinski definition) is 8. The number of nitrogens with one attached hydrogen (secondary N) is 1. The first kappa shape index (κ1) is 27.7. The highest BCUT2D eigenvalue weighted by Gasteiger charge is 2.23. The van der Waals surface area contributed by atoms with Crippen molar-refractivity contribution in [1.82, 2.24) is 24.8 Å². The Morgan fingerprint density at radius 1 is 1.07 bits per heavy atom. The van der Waals surface area contributed by atoms with Crippen molar-refractivity contribution in [1.29, 1.82) is 0 Å². The van der Waals surface area contributed by atoms with Crippen LogP contribution in [0.25, 0.3) is 11.0 Å². The molecule has 0 radical (unpaired) electrons. The van der Waals surface area contributed by atoms with E-state index in [0.717, 1.165) is 5.56 Å². The summed E-state index contributed by atoms with van der Waals surface area (Å²) in [5.74, 6) is -0.585. The van der Waals surface area contributed by atoms with E-state index in [2.05, 4.69) is 15.3 Å². The Hall–Kier alpha value is -4.84. The molecule has 4 aromatic rings. The molecular formula is C29H28N6O5S. The smallest absolute Gasteiger partial charge is 0.341 e. The van der Waals surface area contributed by atoms with Crippen molar-refractivity contribution in [2.75, 3.05) is 31.1 Å². The highest BCUT2D eigenvalue weighted by Crippen LogP contribution is 2.18. The highest BCUT2D eigenvalue weighted by atomic mass is 32.1. The van der Waals surface area contributed by atoms with Crippen LogP contribution in [0.15, 0.2) is 71.8 Å². The summed E-state index contributed by atoms with van der Waals surface area (Å²) >= 11 is 5.52. The van der Waals surface area contributed by atoms with E-state index in [1.54, 1.807) is 28.8 Å². The predicted octanol–water partition coefficient (Wildman–Crippen LogP) is 2.93. The Morgan fingerprint density at radius 3 is 2.54 bits per heavy atom. The minimum atomic E-state index is -1.29. The number of thiocarbonyl (C=S) groups is 1. The number of hydrogen-bond donors (Lipinski definition) is 2. The number of piperazine rings is 1. The van der Waals surface area contributed by atoms with Crippen LogP contribution in [0.3, 0.4) is 0 Å². The summed E-state index contributed by atoms with van der Waals surface area (Å²) in [5, 5.41) is 12.6. The molecule has 1 aliphatic rings. The molecular weight excluding hydrogens is 544 g/mol. The van der Waals surface area contributed by atoms with Gasteiger partial charge in [-0.1, -0.05) is 36.4 Å². The number of pyridine rings is 1. The van der Waals surface area contributed by atoms with Gasteiger partial charge in [0.15, 0.2) is 5.11 Å². The summed E-state index contributed by atoms with van der Waals surface area (Å²) in [6.07, 6.45) is 2.70. The number of aromatic carboxylic acids is 1. The fraction of sp³-hybridized carbons (Fsp3) is 0.241. The van der Waals surface area contributed by atoms with Crippen LogP contribution in [0.5, 0.6) is 5.75 Å². The predicted molar refractivity (Wildman–Crippen MR) is 157 cm³/mol. The number of nitrogens with zero attached hydrogens (tertiary/aromatic N) is 5. The third-order valence-corrected chi connectivity index (χ3v) is 7.15. The number of benzene rings is 2. The van der Waals surface area contributed by atoms with Crippen molar-refractivity contribution in [2.45, 2.75) is 20.1 Å². The minimum absolute atomic E-state index is 0.160.